The van der Waals surface area contributed by atoms with Crippen LogP contribution in [-0.2, 0) is 4.74 Å². The highest BCUT2D eigenvalue weighted by molar-refractivity contribution is 6.03. The van der Waals surface area contributed by atoms with Crippen molar-refractivity contribution in [1.29, 1.82) is 0 Å². The zero-order valence-electron chi connectivity index (χ0n) is 14.8. The summed E-state index contributed by atoms with van der Waals surface area (Å²) < 4.78 is 4.69. The molecule has 1 aliphatic heterocycles. The fourth-order valence-corrected chi connectivity index (χ4v) is 2.72. The number of aromatic nitrogens is 2. The van der Waals surface area contributed by atoms with Crippen molar-refractivity contribution in [2.45, 2.75) is 0 Å². The third-order valence-corrected chi connectivity index (χ3v) is 4.25. The molecule has 1 aromatic carbocycles. The van der Waals surface area contributed by atoms with Crippen molar-refractivity contribution < 1.29 is 14.3 Å². The Morgan fingerprint density at radius 2 is 1.88 bits per heavy atom. The van der Waals surface area contributed by atoms with Crippen LogP contribution >= 0.6 is 0 Å². The van der Waals surface area contributed by atoms with E-state index in [9.17, 15) is 9.59 Å². The molecule has 2 aromatic rings. The summed E-state index contributed by atoms with van der Waals surface area (Å²) in [6.45, 7) is 3.61. The highest BCUT2D eigenvalue weighted by atomic mass is 16.5. The molecule has 8 heteroatoms. The van der Waals surface area contributed by atoms with Crippen molar-refractivity contribution in [2.75, 3.05) is 50.6 Å². The number of anilines is 2. The lowest BCUT2D eigenvalue weighted by molar-refractivity contribution is 0.0600. The molecule has 0 saturated carbocycles. The van der Waals surface area contributed by atoms with Crippen molar-refractivity contribution in [2.24, 2.45) is 0 Å². The average molecular weight is 355 g/mol. The van der Waals surface area contributed by atoms with Gasteiger partial charge in [-0.15, -0.1) is 0 Å². The van der Waals surface area contributed by atoms with Crippen LogP contribution in [0.1, 0.15) is 20.8 Å². The summed E-state index contributed by atoms with van der Waals surface area (Å²) in [4.78, 5) is 36.8. The number of ether oxygens (including phenoxy) is 1. The van der Waals surface area contributed by atoms with Crippen molar-refractivity contribution in [3.8, 4) is 0 Å². The number of amides is 1. The summed E-state index contributed by atoms with van der Waals surface area (Å²) in [5.74, 6) is -0.0770. The molecule has 0 atom stereocenters. The molecule has 1 aliphatic rings. The van der Waals surface area contributed by atoms with Gasteiger partial charge in [0.05, 0.1) is 12.7 Å². The number of likely N-dealkylation sites (N-methyl/N-ethyl adjacent to an activating group) is 1. The van der Waals surface area contributed by atoms with Crippen LogP contribution in [-0.4, -0.2) is 67.1 Å². The molecule has 0 unspecified atom stereocenters. The topological polar surface area (TPSA) is 87.7 Å². The molecule has 1 fully saturated rings. The number of hydrogen-bond acceptors (Lipinski definition) is 7. The largest absolute Gasteiger partial charge is 0.465 e. The summed E-state index contributed by atoms with van der Waals surface area (Å²) in [7, 11) is 3.40. The minimum absolute atomic E-state index is 0.275. The van der Waals surface area contributed by atoms with E-state index in [1.54, 1.807) is 30.3 Å². The number of benzene rings is 1. The Morgan fingerprint density at radius 1 is 1.12 bits per heavy atom. The monoisotopic (exact) mass is 355 g/mol. The van der Waals surface area contributed by atoms with Crippen molar-refractivity contribution >= 4 is 23.4 Å². The van der Waals surface area contributed by atoms with Gasteiger partial charge in [0.25, 0.3) is 5.91 Å². The van der Waals surface area contributed by atoms with Crippen LogP contribution in [0.4, 0.5) is 11.5 Å². The van der Waals surface area contributed by atoms with Gasteiger partial charge >= 0.3 is 5.97 Å². The average Bonchev–Trinajstić information content (AvgIpc) is 2.68. The van der Waals surface area contributed by atoms with Crippen molar-refractivity contribution in [3.05, 3.63) is 47.9 Å². The van der Waals surface area contributed by atoms with Gasteiger partial charge in [0.15, 0.2) is 0 Å². The Kier molecular flexibility index (Phi) is 5.43. The highest BCUT2D eigenvalue weighted by Gasteiger charge is 2.17. The van der Waals surface area contributed by atoms with E-state index in [2.05, 4.69) is 32.1 Å². The number of nitrogens with zero attached hydrogens (tertiary/aromatic N) is 4. The van der Waals surface area contributed by atoms with Gasteiger partial charge in [0.2, 0.25) is 0 Å². The molecule has 0 radical (unpaired) electrons. The molecular weight excluding hydrogens is 334 g/mol. The predicted octanol–water partition coefficient (Wildman–Crippen LogP) is 1.27. The van der Waals surface area contributed by atoms with E-state index in [4.69, 9.17) is 4.74 Å². The van der Waals surface area contributed by atoms with Gasteiger partial charge < -0.3 is 19.9 Å². The Morgan fingerprint density at radius 3 is 2.62 bits per heavy atom. The van der Waals surface area contributed by atoms with Crippen LogP contribution < -0.4 is 10.2 Å². The smallest absolute Gasteiger partial charge is 0.337 e. The minimum Gasteiger partial charge on any atom is -0.465 e. The molecule has 8 nitrogen and oxygen atoms in total. The van der Waals surface area contributed by atoms with E-state index < -0.39 is 5.97 Å². The van der Waals surface area contributed by atoms with Gasteiger partial charge in [-0.1, -0.05) is 6.07 Å². The molecule has 136 valence electrons. The summed E-state index contributed by atoms with van der Waals surface area (Å²) in [6.07, 6.45) is 1.40. The second-order valence-corrected chi connectivity index (χ2v) is 6.08. The summed E-state index contributed by atoms with van der Waals surface area (Å²) in [6, 6.07) is 8.25. The number of esters is 1. The molecule has 1 N–H and O–H groups in total. The lowest BCUT2D eigenvalue weighted by atomic mass is 10.2. The number of hydrogen-bond donors (Lipinski definition) is 1. The molecule has 2 heterocycles. The number of rotatable bonds is 4. The van der Waals surface area contributed by atoms with Crippen molar-refractivity contribution in [1.82, 2.24) is 14.9 Å². The van der Waals surface area contributed by atoms with Gasteiger partial charge in [-0.2, -0.15) is 0 Å². The normalized spacial score (nSPS) is 14.8. The van der Waals surface area contributed by atoms with Crippen LogP contribution in [0.5, 0.6) is 0 Å². The number of carbonyl (C=O) groups excluding carboxylic acids is 2. The fraction of sp³-hybridized carbons (Fsp3) is 0.333. The first-order valence-electron chi connectivity index (χ1n) is 8.32. The first kappa shape index (κ1) is 17.8. The zero-order valence-corrected chi connectivity index (χ0v) is 14.8. The van der Waals surface area contributed by atoms with E-state index >= 15 is 0 Å². The predicted molar refractivity (Wildman–Crippen MR) is 97.5 cm³/mol. The first-order chi connectivity index (χ1) is 12.6. The molecule has 1 saturated heterocycles. The Hall–Kier alpha value is -3.00. The lowest BCUT2D eigenvalue weighted by Crippen LogP contribution is -2.44. The number of piperazine rings is 1. The van der Waals surface area contributed by atoms with Crippen LogP contribution in [0.15, 0.2) is 36.7 Å². The molecule has 0 spiro atoms. The second-order valence-electron chi connectivity index (χ2n) is 6.08. The molecule has 26 heavy (non-hydrogen) atoms. The minimum atomic E-state index is -0.458. The quantitative estimate of drug-likeness (QED) is 0.826. The third-order valence-electron chi connectivity index (χ3n) is 4.25. The van der Waals surface area contributed by atoms with Gasteiger partial charge in [-0.25, -0.2) is 14.8 Å². The molecule has 0 bridgehead atoms. The maximum absolute atomic E-state index is 12.5. The van der Waals surface area contributed by atoms with Gasteiger partial charge in [0.1, 0.15) is 17.8 Å². The number of nitrogens with one attached hydrogen (secondary N) is 1. The van der Waals surface area contributed by atoms with E-state index in [-0.39, 0.29) is 11.6 Å². The summed E-state index contributed by atoms with van der Waals surface area (Å²) >= 11 is 0. The standard InChI is InChI=1S/C18H21N5O3/c1-22-6-8-23(9-7-22)16-11-15(19-12-20-16)17(24)21-14-5-3-4-13(10-14)18(25)26-2/h3-5,10-12H,6-9H2,1-2H3,(H,21,24). The molecular formula is C18H21N5O3. The molecule has 3 rings (SSSR count). The lowest BCUT2D eigenvalue weighted by Gasteiger charge is -2.33. The van der Waals surface area contributed by atoms with Gasteiger partial charge in [-0.05, 0) is 25.2 Å². The summed E-state index contributed by atoms with van der Waals surface area (Å²) in [5.41, 5.74) is 1.14. The number of methoxy groups -OCH3 is 1. The summed E-state index contributed by atoms with van der Waals surface area (Å²) in [5, 5.41) is 2.75. The van der Waals surface area contributed by atoms with E-state index in [1.165, 1.54) is 13.4 Å². The molecule has 0 aliphatic carbocycles. The maximum Gasteiger partial charge on any atom is 0.337 e. The highest BCUT2D eigenvalue weighted by Crippen LogP contribution is 2.16. The van der Waals surface area contributed by atoms with E-state index in [0.717, 1.165) is 32.0 Å². The van der Waals surface area contributed by atoms with Crippen LogP contribution in [0.3, 0.4) is 0 Å². The Labute approximate surface area is 151 Å². The Bertz CT molecular complexity index is 803. The van der Waals surface area contributed by atoms with Crippen LogP contribution in [0.2, 0.25) is 0 Å². The van der Waals surface area contributed by atoms with Gasteiger partial charge in [-0.3, -0.25) is 4.79 Å². The Balaban J connectivity index is 1.72. The third kappa shape index (κ3) is 4.15. The molecule has 1 amide bonds. The first-order valence-corrected chi connectivity index (χ1v) is 8.32. The zero-order chi connectivity index (χ0) is 18.5. The fourth-order valence-electron chi connectivity index (χ4n) is 2.72. The van der Waals surface area contributed by atoms with Crippen molar-refractivity contribution in [3.63, 3.8) is 0 Å². The van der Waals surface area contributed by atoms with Gasteiger partial charge in [0, 0.05) is 37.9 Å². The van der Waals surface area contributed by atoms with E-state index in [0.29, 0.717) is 11.3 Å². The maximum atomic E-state index is 12.5. The molecule has 1 aromatic heterocycles. The van der Waals surface area contributed by atoms with Crippen LogP contribution in [0.25, 0.3) is 0 Å². The second kappa shape index (κ2) is 7.92. The number of carbonyl (C=O) groups is 2. The van der Waals surface area contributed by atoms with Crippen LogP contribution in [0, 0.1) is 0 Å². The SMILES string of the molecule is COC(=O)c1cccc(NC(=O)c2cc(N3CCN(C)CC3)ncn2)c1. The van der Waals surface area contributed by atoms with E-state index in [1.807, 2.05) is 0 Å².